The summed E-state index contributed by atoms with van der Waals surface area (Å²) in [7, 11) is 0. The summed E-state index contributed by atoms with van der Waals surface area (Å²) in [6.07, 6.45) is 3.22. The molecule has 2 N–H and O–H groups in total. The average Bonchev–Trinajstić information content (AvgIpc) is 2.68. The van der Waals surface area contributed by atoms with Crippen LogP contribution in [0.2, 0.25) is 0 Å². The van der Waals surface area contributed by atoms with Gasteiger partial charge < -0.3 is 10.5 Å². The summed E-state index contributed by atoms with van der Waals surface area (Å²) in [6, 6.07) is 1.75. The van der Waals surface area contributed by atoms with E-state index in [9.17, 15) is 4.79 Å². The number of aromatic nitrogens is 2. The van der Waals surface area contributed by atoms with Gasteiger partial charge in [-0.15, -0.1) is 0 Å². The van der Waals surface area contributed by atoms with Gasteiger partial charge in [0.1, 0.15) is 5.56 Å². The van der Waals surface area contributed by atoms with Crippen LogP contribution in [0.1, 0.15) is 22.8 Å². The van der Waals surface area contributed by atoms with E-state index in [1.165, 1.54) is 6.20 Å². The Balaban J connectivity index is 2.63. The second-order valence-corrected chi connectivity index (χ2v) is 3.47. The van der Waals surface area contributed by atoms with Gasteiger partial charge in [-0.05, 0) is 25.5 Å². The Kier molecular flexibility index (Phi) is 2.52. The maximum Gasteiger partial charge on any atom is 0.341 e. The number of nitrogen functional groups attached to an aromatic ring is 1. The van der Waals surface area contributed by atoms with Crippen molar-refractivity contribution in [2.75, 3.05) is 12.3 Å². The van der Waals surface area contributed by atoms with E-state index in [2.05, 4.69) is 5.10 Å². The topological polar surface area (TPSA) is 69.6 Å². The molecule has 2 aromatic heterocycles. The number of fused-ring (bicyclic) bond motifs is 1. The Morgan fingerprint density at radius 2 is 2.38 bits per heavy atom. The van der Waals surface area contributed by atoms with Gasteiger partial charge in [0.2, 0.25) is 0 Å². The summed E-state index contributed by atoms with van der Waals surface area (Å²) in [5.41, 5.74) is 8.43. The summed E-state index contributed by atoms with van der Waals surface area (Å²) >= 11 is 0. The van der Waals surface area contributed by atoms with Crippen LogP contribution in [0.15, 0.2) is 18.5 Å². The smallest absolute Gasteiger partial charge is 0.341 e. The third-order valence-electron chi connectivity index (χ3n) is 2.47. The van der Waals surface area contributed by atoms with E-state index < -0.39 is 0 Å². The molecule has 2 rings (SSSR count). The van der Waals surface area contributed by atoms with E-state index >= 15 is 0 Å². The molecular formula is C11H13N3O2. The molecular weight excluding hydrogens is 206 g/mol. The number of ether oxygens (including phenoxy) is 1. The normalized spacial score (nSPS) is 10.6. The van der Waals surface area contributed by atoms with Gasteiger partial charge in [0, 0.05) is 11.9 Å². The van der Waals surface area contributed by atoms with E-state index in [1.807, 2.05) is 6.92 Å². The minimum Gasteiger partial charge on any atom is -0.462 e. The third-order valence-corrected chi connectivity index (χ3v) is 2.47. The van der Waals surface area contributed by atoms with E-state index in [0.717, 1.165) is 5.56 Å². The van der Waals surface area contributed by atoms with Crippen molar-refractivity contribution in [3.63, 3.8) is 0 Å². The largest absolute Gasteiger partial charge is 0.462 e. The van der Waals surface area contributed by atoms with Crippen LogP contribution >= 0.6 is 0 Å². The van der Waals surface area contributed by atoms with E-state index in [4.69, 9.17) is 10.5 Å². The highest BCUT2D eigenvalue weighted by Gasteiger charge is 2.16. The fraction of sp³-hybridized carbons (Fsp3) is 0.273. The van der Waals surface area contributed by atoms with Gasteiger partial charge in [0.25, 0.3) is 0 Å². The molecule has 0 aromatic carbocycles. The van der Waals surface area contributed by atoms with Crippen molar-refractivity contribution in [3.05, 3.63) is 29.6 Å². The lowest BCUT2D eigenvalue weighted by atomic mass is 10.1. The zero-order valence-corrected chi connectivity index (χ0v) is 9.23. The maximum absolute atomic E-state index is 11.7. The number of aryl methyl sites for hydroxylation is 1. The van der Waals surface area contributed by atoms with Crippen LogP contribution in [0.3, 0.4) is 0 Å². The molecule has 0 fully saturated rings. The predicted octanol–water partition coefficient (Wildman–Crippen LogP) is 1.40. The van der Waals surface area contributed by atoms with Gasteiger partial charge in [-0.25, -0.2) is 9.31 Å². The lowest BCUT2D eigenvalue weighted by Crippen LogP contribution is -2.05. The van der Waals surface area contributed by atoms with Gasteiger partial charge in [0.15, 0.2) is 0 Å². The number of carbonyl (C=O) groups excluding carboxylic acids is 1. The minimum atomic E-state index is -0.369. The maximum atomic E-state index is 11.7. The average molecular weight is 219 g/mol. The summed E-state index contributed by atoms with van der Waals surface area (Å²) in [5, 5.41) is 4.08. The molecule has 0 unspecified atom stereocenters. The predicted molar refractivity (Wildman–Crippen MR) is 60.3 cm³/mol. The first-order valence-electron chi connectivity index (χ1n) is 5.04. The van der Waals surface area contributed by atoms with E-state index in [0.29, 0.717) is 23.4 Å². The molecule has 2 heterocycles. The second-order valence-electron chi connectivity index (χ2n) is 3.47. The lowest BCUT2D eigenvalue weighted by Gasteiger charge is -2.04. The van der Waals surface area contributed by atoms with Crippen LogP contribution in [0.4, 0.5) is 5.69 Å². The van der Waals surface area contributed by atoms with Gasteiger partial charge in [-0.2, -0.15) is 5.10 Å². The van der Waals surface area contributed by atoms with Gasteiger partial charge in [-0.3, -0.25) is 0 Å². The zero-order chi connectivity index (χ0) is 11.7. The molecule has 0 aliphatic carbocycles. The monoisotopic (exact) mass is 219 g/mol. The minimum absolute atomic E-state index is 0.345. The number of hydrogen-bond donors (Lipinski definition) is 1. The van der Waals surface area contributed by atoms with Crippen LogP contribution in [-0.4, -0.2) is 22.2 Å². The SMILES string of the molecule is CCOC(=O)c1cnn2ccc(N)c(C)c12. The van der Waals surface area contributed by atoms with Crippen LogP contribution in [0, 0.1) is 6.92 Å². The van der Waals surface area contributed by atoms with Crippen LogP contribution in [-0.2, 0) is 4.74 Å². The number of anilines is 1. The van der Waals surface area contributed by atoms with Crippen LogP contribution < -0.4 is 5.73 Å². The summed E-state index contributed by atoms with van der Waals surface area (Å²) < 4.78 is 6.58. The van der Waals surface area contributed by atoms with E-state index in [1.54, 1.807) is 23.7 Å². The number of nitrogens with zero attached hydrogens (tertiary/aromatic N) is 2. The van der Waals surface area contributed by atoms with Crippen molar-refractivity contribution in [2.45, 2.75) is 13.8 Å². The molecule has 0 saturated carbocycles. The fourth-order valence-corrected chi connectivity index (χ4v) is 1.62. The molecule has 5 heteroatoms. The first-order chi connectivity index (χ1) is 7.65. The number of nitrogens with two attached hydrogens (primary N) is 1. The Morgan fingerprint density at radius 3 is 3.06 bits per heavy atom. The highest BCUT2D eigenvalue weighted by Crippen LogP contribution is 2.21. The highest BCUT2D eigenvalue weighted by atomic mass is 16.5. The number of carbonyl (C=O) groups is 1. The summed E-state index contributed by atoms with van der Waals surface area (Å²) in [6.45, 7) is 3.97. The van der Waals surface area contributed by atoms with Gasteiger partial charge in [0.05, 0.1) is 18.3 Å². The van der Waals surface area contributed by atoms with Gasteiger partial charge in [-0.1, -0.05) is 0 Å². The van der Waals surface area contributed by atoms with E-state index in [-0.39, 0.29) is 5.97 Å². The van der Waals surface area contributed by atoms with Crippen molar-refractivity contribution in [1.29, 1.82) is 0 Å². The molecule has 0 bridgehead atoms. The second kappa shape index (κ2) is 3.84. The number of hydrogen-bond acceptors (Lipinski definition) is 4. The van der Waals surface area contributed by atoms with Crippen molar-refractivity contribution in [2.24, 2.45) is 0 Å². The third kappa shape index (κ3) is 1.50. The first-order valence-corrected chi connectivity index (χ1v) is 5.04. The molecule has 0 amide bonds. The summed E-state index contributed by atoms with van der Waals surface area (Å²) in [4.78, 5) is 11.7. The van der Waals surface area contributed by atoms with Crippen molar-refractivity contribution < 1.29 is 9.53 Å². The summed E-state index contributed by atoms with van der Waals surface area (Å²) in [5.74, 6) is -0.369. The number of rotatable bonds is 2. The zero-order valence-electron chi connectivity index (χ0n) is 9.23. The first kappa shape index (κ1) is 10.5. The van der Waals surface area contributed by atoms with Crippen molar-refractivity contribution >= 4 is 17.2 Å². The van der Waals surface area contributed by atoms with Crippen molar-refractivity contribution in [3.8, 4) is 0 Å². The Bertz CT molecular complexity index is 545. The Morgan fingerprint density at radius 1 is 1.62 bits per heavy atom. The van der Waals surface area contributed by atoms with Crippen LogP contribution in [0.25, 0.3) is 5.52 Å². The molecule has 84 valence electrons. The highest BCUT2D eigenvalue weighted by molar-refractivity contribution is 5.98. The molecule has 0 aliphatic rings. The molecule has 0 atom stereocenters. The standard InChI is InChI=1S/C11H13N3O2/c1-3-16-11(15)8-6-13-14-5-4-9(12)7(2)10(8)14/h4-6H,3,12H2,1-2H3. The molecule has 0 spiro atoms. The molecule has 5 nitrogen and oxygen atoms in total. The fourth-order valence-electron chi connectivity index (χ4n) is 1.62. The molecule has 2 aromatic rings. The quantitative estimate of drug-likeness (QED) is 0.775. The van der Waals surface area contributed by atoms with Gasteiger partial charge >= 0.3 is 5.97 Å². The molecule has 16 heavy (non-hydrogen) atoms. The lowest BCUT2D eigenvalue weighted by molar-refractivity contribution is 0.0528. The number of esters is 1. The Hall–Kier alpha value is -2.04. The molecule has 0 radical (unpaired) electrons. The van der Waals surface area contributed by atoms with Crippen molar-refractivity contribution in [1.82, 2.24) is 9.61 Å². The van der Waals surface area contributed by atoms with Crippen LogP contribution in [0.5, 0.6) is 0 Å². The molecule has 0 aliphatic heterocycles. The number of pyridine rings is 1. The Labute approximate surface area is 92.8 Å². The molecule has 0 saturated heterocycles.